The number of nitrogens with zero attached hydrogens (tertiary/aromatic N) is 5. The van der Waals surface area contributed by atoms with E-state index in [1.165, 1.54) is 0 Å². The minimum Gasteiger partial charge on any atom is -0.301 e. The largest absolute Gasteiger partial charge is 0.301 e. The molecule has 3 aromatic heterocycles. The van der Waals surface area contributed by atoms with Crippen LogP contribution in [0.3, 0.4) is 0 Å². The lowest BCUT2D eigenvalue weighted by molar-refractivity contribution is 0.148. The average Bonchev–Trinajstić information content (AvgIpc) is 3.13. The molecule has 1 aliphatic rings. The Morgan fingerprint density at radius 2 is 2.05 bits per heavy atom. The van der Waals surface area contributed by atoms with Crippen LogP contribution in [0.25, 0.3) is 22.1 Å². The molecule has 0 saturated carbocycles. The van der Waals surface area contributed by atoms with Crippen LogP contribution < -0.4 is 0 Å². The number of hydrogen-bond donors (Lipinski definition) is 1. The van der Waals surface area contributed by atoms with Gasteiger partial charge in [0.05, 0.1) is 17.8 Å². The maximum Gasteiger partial charge on any atom is 0.161 e. The Morgan fingerprint density at radius 3 is 2.81 bits per heavy atom. The van der Waals surface area contributed by atoms with Gasteiger partial charge in [-0.2, -0.15) is 5.10 Å². The van der Waals surface area contributed by atoms with Crippen LogP contribution in [0.1, 0.15) is 32.7 Å². The van der Waals surface area contributed by atoms with Gasteiger partial charge in [0.1, 0.15) is 5.52 Å². The van der Waals surface area contributed by atoms with Crippen molar-refractivity contribution in [3.05, 3.63) is 18.5 Å². The Hall–Kier alpha value is -1.95. The smallest absolute Gasteiger partial charge is 0.161 e. The van der Waals surface area contributed by atoms with Gasteiger partial charge in [-0.05, 0) is 32.8 Å². The van der Waals surface area contributed by atoms with Crippen LogP contribution in [-0.2, 0) is 0 Å². The van der Waals surface area contributed by atoms with Gasteiger partial charge in [-0.1, -0.05) is 0 Å². The molecule has 4 rings (SSSR count). The number of piperidine rings is 1. The maximum atomic E-state index is 4.41. The standard InChI is InChI=1S/C15H20N6/c1-10(2)20-7-4-11(5-8-20)21-14-12-3-6-16-15(12)17-9-13(14)18-19-21/h3,6,9-11,19H,4-5,7-8H2,1-2H3. The molecule has 3 aromatic rings. The molecule has 6 heteroatoms. The molecule has 0 bridgehead atoms. The van der Waals surface area contributed by atoms with Crippen molar-refractivity contribution in [1.82, 2.24) is 29.9 Å². The van der Waals surface area contributed by atoms with Gasteiger partial charge < -0.3 is 4.90 Å². The van der Waals surface area contributed by atoms with Gasteiger partial charge in [0.15, 0.2) is 5.65 Å². The topological polar surface area (TPSA) is 62.6 Å². The van der Waals surface area contributed by atoms with E-state index in [0.717, 1.165) is 48.0 Å². The summed E-state index contributed by atoms with van der Waals surface area (Å²) < 4.78 is 2.22. The zero-order valence-electron chi connectivity index (χ0n) is 12.5. The Kier molecular flexibility index (Phi) is 2.92. The molecule has 0 atom stereocenters. The average molecular weight is 284 g/mol. The molecule has 0 amide bonds. The number of nitrogens with one attached hydrogen (secondary N) is 1. The predicted molar refractivity (Wildman–Crippen MR) is 82.2 cm³/mol. The van der Waals surface area contributed by atoms with E-state index in [-0.39, 0.29) is 0 Å². The number of H-pyrrole nitrogens is 1. The molecule has 0 unspecified atom stereocenters. The molecule has 1 N–H and O–H groups in total. The Balaban J connectivity index is 1.72. The van der Waals surface area contributed by atoms with E-state index in [2.05, 4.69) is 43.7 Å². The summed E-state index contributed by atoms with van der Waals surface area (Å²) >= 11 is 0. The summed E-state index contributed by atoms with van der Waals surface area (Å²) in [5.41, 5.74) is 2.86. The summed E-state index contributed by atoms with van der Waals surface area (Å²) in [7, 11) is 0. The van der Waals surface area contributed by atoms with Gasteiger partial charge >= 0.3 is 0 Å². The second kappa shape index (κ2) is 4.80. The fourth-order valence-electron chi connectivity index (χ4n) is 3.35. The third kappa shape index (κ3) is 2.01. The molecule has 21 heavy (non-hydrogen) atoms. The first-order chi connectivity index (χ1) is 10.2. The van der Waals surface area contributed by atoms with Gasteiger partial charge in [0.2, 0.25) is 0 Å². The first-order valence-electron chi connectivity index (χ1n) is 7.64. The van der Waals surface area contributed by atoms with Crippen LogP contribution in [0.15, 0.2) is 18.5 Å². The number of hydrogen-bond acceptors (Lipinski definition) is 4. The molecule has 0 radical (unpaired) electrons. The van der Waals surface area contributed by atoms with Crippen molar-refractivity contribution in [3.63, 3.8) is 0 Å². The van der Waals surface area contributed by atoms with Crippen LogP contribution in [0, 0.1) is 0 Å². The lowest BCUT2D eigenvalue weighted by atomic mass is 10.0. The highest BCUT2D eigenvalue weighted by atomic mass is 15.4. The second-order valence-electron chi connectivity index (χ2n) is 6.12. The molecule has 0 aliphatic carbocycles. The quantitative estimate of drug-likeness (QED) is 0.784. The molecule has 4 heterocycles. The van der Waals surface area contributed by atoms with Crippen molar-refractivity contribution < 1.29 is 0 Å². The highest BCUT2D eigenvalue weighted by Gasteiger charge is 2.24. The van der Waals surface area contributed by atoms with E-state index in [9.17, 15) is 0 Å². The number of likely N-dealkylation sites (tertiary alicyclic amines) is 1. The predicted octanol–water partition coefficient (Wildman–Crippen LogP) is 2.35. The molecule has 1 aliphatic heterocycles. The van der Waals surface area contributed by atoms with Gasteiger partial charge in [-0.3, -0.25) is 4.68 Å². The van der Waals surface area contributed by atoms with Crippen LogP contribution in [-0.4, -0.2) is 49.0 Å². The van der Waals surface area contributed by atoms with E-state index >= 15 is 0 Å². The first kappa shape index (κ1) is 12.8. The zero-order chi connectivity index (χ0) is 14.4. The van der Waals surface area contributed by atoms with Gasteiger partial charge in [-0.25, -0.2) is 15.2 Å². The molecule has 0 spiro atoms. The Morgan fingerprint density at radius 1 is 1.24 bits per heavy atom. The fraction of sp³-hybridized carbons (Fsp3) is 0.533. The molecule has 1 fully saturated rings. The second-order valence-corrected chi connectivity index (χ2v) is 6.12. The Bertz CT molecular complexity index is 763. The van der Waals surface area contributed by atoms with Crippen molar-refractivity contribution in [2.45, 2.75) is 38.8 Å². The normalized spacial score (nSPS) is 18.2. The third-order valence-electron chi connectivity index (χ3n) is 4.60. The van der Waals surface area contributed by atoms with E-state index in [1.54, 1.807) is 6.20 Å². The van der Waals surface area contributed by atoms with E-state index in [4.69, 9.17) is 0 Å². The van der Waals surface area contributed by atoms with Crippen LogP contribution in [0.2, 0.25) is 0 Å². The SMILES string of the molecule is CC(C)N1CCC(n2[nH]nc3cnc4nccc4c32)CC1. The van der Waals surface area contributed by atoms with Gasteiger partial charge in [0, 0.05) is 30.7 Å². The first-order valence-corrected chi connectivity index (χ1v) is 7.64. The minimum atomic E-state index is 0.477. The molecular formula is C15H20N6. The molecule has 6 nitrogen and oxygen atoms in total. The zero-order valence-corrected chi connectivity index (χ0v) is 12.5. The fourth-order valence-corrected chi connectivity index (χ4v) is 3.35. The van der Waals surface area contributed by atoms with Crippen molar-refractivity contribution in [1.29, 1.82) is 0 Å². The van der Waals surface area contributed by atoms with Crippen LogP contribution in [0.5, 0.6) is 0 Å². The van der Waals surface area contributed by atoms with Gasteiger partial charge in [0.25, 0.3) is 0 Å². The molecule has 1 saturated heterocycles. The summed E-state index contributed by atoms with van der Waals surface area (Å²) in [5.74, 6) is 0. The number of fused-ring (bicyclic) bond motifs is 3. The maximum absolute atomic E-state index is 4.41. The van der Waals surface area contributed by atoms with Crippen LogP contribution in [0.4, 0.5) is 0 Å². The summed E-state index contributed by atoms with van der Waals surface area (Å²) in [4.78, 5) is 11.2. The minimum absolute atomic E-state index is 0.477. The molecule has 110 valence electrons. The van der Waals surface area contributed by atoms with Crippen molar-refractivity contribution in [2.24, 2.45) is 0 Å². The lowest BCUT2D eigenvalue weighted by Crippen LogP contribution is -2.39. The monoisotopic (exact) mass is 284 g/mol. The summed E-state index contributed by atoms with van der Waals surface area (Å²) in [6.07, 6.45) is 5.92. The number of aromatic amines is 1. The number of aromatic nitrogens is 5. The number of pyridine rings is 1. The number of rotatable bonds is 2. The summed E-state index contributed by atoms with van der Waals surface area (Å²) in [5, 5.41) is 8.69. The van der Waals surface area contributed by atoms with E-state index in [0.29, 0.717) is 12.1 Å². The van der Waals surface area contributed by atoms with Crippen LogP contribution >= 0.6 is 0 Å². The highest BCUT2D eigenvalue weighted by Crippen LogP contribution is 2.29. The van der Waals surface area contributed by atoms with Gasteiger partial charge in [-0.15, -0.1) is 0 Å². The van der Waals surface area contributed by atoms with E-state index in [1.807, 2.05) is 12.3 Å². The van der Waals surface area contributed by atoms with E-state index < -0.39 is 0 Å². The van der Waals surface area contributed by atoms with Crippen molar-refractivity contribution in [3.8, 4) is 0 Å². The highest BCUT2D eigenvalue weighted by molar-refractivity contribution is 6.00. The molecule has 0 aromatic carbocycles. The summed E-state index contributed by atoms with van der Waals surface area (Å²) in [6, 6.07) is 3.13. The van der Waals surface area contributed by atoms with Crippen molar-refractivity contribution >= 4 is 22.1 Å². The Labute approximate surface area is 123 Å². The third-order valence-corrected chi connectivity index (χ3v) is 4.60. The van der Waals surface area contributed by atoms with Crippen molar-refractivity contribution in [2.75, 3.05) is 13.1 Å². The lowest BCUT2D eigenvalue weighted by Gasteiger charge is -2.34. The summed E-state index contributed by atoms with van der Waals surface area (Å²) in [6.45, 7) is 6.82. The molecular weight excluding hydrogens is 264 g/mol.